The van der Waals surface area contributed by atoms with Gasteiger partial charge in [-0.3, -0.25) is 4.99 Å². The maximum atomic E-state index is 13.9. The number of hydrogen-bond acceptors (Lipinski definition) is 4. The summed E-state index contributed by atoms with van der Waals surface area (Å²) in [5.74, 6) is 2.09. The second kappa shape index (κ2) is 12.7. The van der Waals surface area contributed by atoms with Gasteiger partial charge in [-0.25, -0.2) is 4.39 Å². The molecule has 31 heavy (non-hydrogen) atoms. The summed E-state index contributed by atoms with van der Waals surface area (Å²) in [5.41, 5.74) is 3.89. The minimum Gasteiger partial charge on any atom is -0.496 e. The van der Waals surface area contributed by atoms with E-state index in [0.29, 0.717) is 19.6 Å². The van der Waals surface area contributed by atoms with Gasteiger partial charge in [0.2, 0.25) is 0 Å². The molecule has 1 heterocycles. The number of halogens is 2. The van der Waals surface area contributed by atoms with E-state index in [1.54, 1.807) is 7.11 Å². The molecule has 0 radical (unpaired) electrons. The number of nitrogens with zero attached hydrogens (tertiary/aromatic N) is 1. The van der Waals surface area contributed by atoms with Gasteiger partial charge in [-0.15, -0.1) is 24.0 Å². The SMILES string of the molecule is CCNC(=NCCc1cc(F)cc2c1OCOC2)NCCc1ccc(C)c(OC)c1.I. The lowest BCUT2D eigenvalue weighted by atomic mass is 10.1. The van der Waals surface area contributed by atoms with E-state index >= 15 is 0 Å². The zero-order valence-electron chi connectivity index (χ0n) is 18.3. The number of guanidine groups is 1. The second-order valence-electron chi connectivity index (χ2n) is 7.16. The van der Waals surface area contributed by atoms with Gasteiger partial charge >= 0.3 is 0 Å². The maximum Gasteiger partial charge on any atom is 0.191 e. The van der Waals surface area contributed by atoms with Crippen LogP contribution in [-0.2, 0) is 24.2 Å². The van der Waals surface area contributed by atoms with Crippen LogP contribution in [0.5, 0.6) is 11.5 Å². The largest absolute Gasteiger partial charge is 0.496 e. The van der Waals surface area contributed by atoms with Gasteiger partial charge in [-0.05, 0) is 61.6 Å². The van der Waals surface area contributed by atoms with Crippen LogP contribution < -0.4 is 20.1 Å². The minimum atomic E-state index is -0.277. The Kier molecular flexibility index (Phi) is 10.3. The average molecular weight is 543 g/mol. The van der Waals surface area contributed by atoms with Gasteiger partial charge in [0, 0.05) is 25.2 Å². The van der Waals surface area contributed by atoms with Crippen LogP contribution in [0.1, 0.15) is 29.2 Å². The number of benzene rings is 2. The predicted molar refractivity (Wildman–Crippen MR) is 131 cm³/mol. The number of aryl methyl sites for hydroxylation is 1. The zero-order valence-corrected chi connectivity index (χ0v) is 20.6. The smallest absolute Gasteiger partial charge is 0.191 e. The van der Waals surface area contributed by atoms with Crippen LogP contribution in [0.15, 0.2) is 35.3 Å². The summed E-state index contributed by atoms with van der Waals surface area (Å²) < 4.78 is 30.1. The summed E-state index contributed by atoms with van der Waals surface area (Å²) in [4.78, 5) is 4.63. The van der Waals surface area contributed by atoms with Crippen LogP contribution in [-0.4, -0.2) is 39.5 Å². The van der Waals surface area contributed by atoms with Crippen molar-refractivity contribution in [2.24, 2.45) is 4.99 Å². The highest BCUT2D eigenvalue weighted by molar-refractivity contribution is 14.0. The van der Waals surface area contributed by atoms with E-state index in [2.05, 4.69) is 33.8 Å². The van der Waals surface area contributed by atoms with E-state index in [4.69, 9.17) is 14.2 Å². The molecule has 0 amide bonds. The fourth-order valence-electron chi connectivity index (χ4n) is 3.42. The van der Waals surface area contributed by atoms with E-state index in [1.807, 2.05) is 13.8 Å². The van der Waals surface area contributed by atoms with Gasteiger partial charge in [0.05, 0.1) is 13.7 Å². The van der Waals surface area contributed by atoms with Gasteiger partial charge in [0.25, 0.3) is 0 Å². The minimum absolute atomic E-state index is 0. The molecule has 0 atom stereocenters. The Labute approximate surface area is 200 Å². The van der Waals surface area contributed by atoms with E-state index < -0.39 is 0 Å². The first-order valence-corrected chi connectivity index (χ1v) is 10.3. The zero-order chi connectivity index (χ0) is 21.3. The Bertz CT molecular complexity index is 893. The molecule has 3 rings (SSSR count). The highest BCUT2D eigenvalue weighted by atomic mass is 127. The van der Waals surface area contributed by atoms with Crippen molar-refractivity contribution < 1.29 is 18.6 Å². The van der Waals surface area contributed by atoms with Crippen molar-refractivity contribution in [1.29, 1.82) is 0 Å². The molecule has 2 N–H and O–H groups in total. The summed E-state index contributed by atoms with van der Waals surface area (Å²) in [5, 5.41) is 6.60. The first-order valence-electron chi connectivity index (χ1n) is 10.3. The fourth-order valence-corrected chi connectivity index (χ4v) is 3.42. The summed E-state index contributed by atoms with van der Waals surface area (Å²) >= 11 is 0. The molecule has 1 aliphatic rings. The van der Waals surface area contributed by atoms with Crippen LogP contribution in [0, 0.1) is 12.7 Å². The Morgan fingerprint density at radius 3 is 2.81 bits per heavy atom. The molecule has 0 saturated heterocycles. The van der Waals surface area contributed by atoms with Crippen molar-refractivity contribution in [2.45, 2.75) is 33.3 Å². The van der Waals surface area contributed by atoms with Crippen LogP contribution in [0.25, 0.3) is 0 Å². The van der Waals surface area contributed by atoms with E-state index in [1.165, 1.54) is 17.7 Å². The van der Waals surface area contributed by atoms with E-state index in [0.717, 1.165) is 53.7 Å². The Morgan fingerprint density at radius 1 is 1.19 bits per heavy atom. The van der Waals surface area contributed by atoms with Gasteiger partial charge in [0.1, 0.15) is 17.3 Å². The molecule has 0 saturated carbocycles. The Hall–Kier alpha value is -2.07. The molecule has 6 nitrogen and oxygen atoms in total. The van der Waals surface area contributed by atoms with Crippen molar-refractivity contribution in [3.63, 3.8) is 0 Å². The van der Waals surface area contributed by atoms with E-state index in [-0.39, 0.29) is 36.6 Å². The summed E-state index contributed by atoms with van der Waals surface area (Å²) in [6.07, 6.45) is 1.44. The normalized spacial score (nSPS) is 13.0. The summed E-state index contributed by atoms with van der Waals surface area (Å²) in [6, 6.07) is 9.23. The standard InChI is InChI=1S/C23H30FN3O3.HI/c1-4-25-23(26-9-7-17-6-5-16(2)21(11-17)28-3)27-10-8-18-12-20(24)13-19-14-29-15-30-22(18)19;/h5-6,11-13H,4,7-10,14-15H2,1-3H3,(H2,25,26,27);1H. The molecule has 0 unspecified atom stereocenters. The summed E-state index contributed by atoms with van der Waals surface area (Å²) in [6.45, 7) is 6.66. The molecule has 0 spiro atoms. The molecule has 0 fully saturated rings. The van der Waals surface area contributed by atoms with E-state index in [9.17, 15) is 4.39 Å². The third-order valence-electron chi connectivity index (χ3n) is 4.93. The number of ether oxygens (including phenoxy) is 3. The Balaban J connectivity index is 0.00000341. The third kappa shape index (κ3) is 7.24. The number of nitrogens with one attached hydrogen (secondary N) is 2. The number of hydrogen-bond donors (Lipinski definition) is 2. The van der Waals surface area contributed by atoms with Crippen LogP contribution in [0.4, 0.5) is 4.39 Å². The van der Waals surface area contributed by atoms with Gasteiger partial charge in [-0.2, -0.15) is 0 Å². The molecule has 170 valence electrons. The molecule has 8 heteroatoms. The first kappa shape index (κ1) is 25.2. The van der Waals surface area contributed by atoms with Crippen molar-refractivity contribution in [1.82, 2.24) is 10.6 Å². The average Bonchev–Trinajstić information content (AvgIpc) is 2.74. The molecule has 0 aliphatic carbocycles. The molecule has 2 aromatic rings. The highest BCUT2D eigenvalue weighted by Gasteiger charge is 2.16. The molecule has 2 aromatic carbocycles. The van der Waals surface area contributed by atoms with Crippen molar-refractivity contribution in [2.75, 3.05) is 33.5 Å². The first-order chi connectivity index (χ1) is 14.6. The lowest BCUT2D eigenvalue weighted by Crippen LogP contribution is -2.38. The van der Waals surface area contributed by atoms with Gasteiger partial charge in [-0.1, -0.05) is 12.1 Å². The number of aliphatic imine (C=N–C) groups is 1. The van der Waals surface area contributed by atoms with Crippen molar-refractivity contribution in [3.8, 4) is 11.5 Å². The quantitative estimate of drug-likeness (QED) is 0.300. The fraction of sp³-hybridized carbons (Fsp3) is 0.435. The van der Waals surface area contributed by atoms with Crippen molar-refractivity contribution in [3.05, 3.63) is 58.4 Å². The molecule has 0 aromatic heterocycles. The molecular formula is C23H31FIN3O3. The van der Waals surface area contributed by atoms with Crippen molar-refractivity contribution >= 4 is 29.9 Å². The summed E-state index contributed by atoms with van der Waals surface area (Å²) in [7, 11) is 1.69. The lowest BCUT2D eigenvalue weighted by Gasteiger charge is -2.20. The van der Waals surface area contributed by atoms with Crippen LogP contribution in [0.2, 0.25) is 0 Å². The topological polar surface area (TPSA) is 64.1 Å². The predicted octanol–water partition coefficient (Wildman–Crippen LogP) is 3.97. The second-order valence-corrected chi connectivity index (χ2v) is 7.16. The number of rotatable bonds is 8. The number of methoxy groups -OCH3 is 1. The lowest BCUT2D eigenvalue weighted by molar-refractivity contribution is -0.0172. The van der Waals surface area contributed by atoms with Crippen LogP contribution >= 0.6 is 24.0 Å². The monoisotopic (exact) mass is 543 g/mol. The third-order valence-corrected chi connectivity index (χ3v) is 4.93. The molecule has 0 bridgehead atoms. The van der Waals surface area contributed by atoms with Gasteiger partial charge in [0.15, 0.2) is 12.8 Å². The Morgan fingerprint density at radius 2 is 2.03 bits per heavy atom. The molecule has 1 aliphatic heterocycles. The molecular weight excluding hydrogens is 512 g/mol. The maximum absolute atomic E-state index is 13.9. The van der Waals surface area contributed by atoms with Crippen LogP contribution in [0.3, 0.4) is 0 Å². The highest BCUT2D eigenvalue weighted by Crippen LogP contribution is 2.29. The van der Waals surface area contributed by atoms with Gasteiger partial charge < -0.3 is 24.8 Å². The number of fused-ring (bicyclic) bond motifs is 1.